The van der Waals surface area contributed by atoms with E-state index in [4.69, 9.17) is 10.00 Å². The van der Waals surface area contributed by atoms with Crippen LogP contribution in [0.3, 0.4) is 0 Å². The van der Waals surface area contributed by atoms with Gasteiger partial charge in [0.15, 0.2) is 0 Å². The molecule has 1 aromatic carbocycles. The molecule has 2 rings (SSSR count). The Morgan fingerprint density at radius 3 is 2.38 bits per heavy atom. The van der Waals surface area contributed by atoms with Crippen molar-refractivity contribution in [3.63, 3.8) is 0 Å². The van der Waals surface area contributed by atoms with E-state index in [1.54, 1.807) is 18.4 Å². The molecule has 0 spiro atoms. The molecule has 0 aliphatic carbocycles. The van der Waals surface area contributed by atoms with Gasteiger partial charge in [0.1, 0.15) is 17.4 Å². The van der Waals surface area contributed by atoms with E-state index in [2.05, 4.69) is 6.07 Å². The molecule has 0 unspecified atom stereocenters. The van der Waals surface area contributed by atoms with Crippen LogP contribution in [0.2, 0.25) is 0 Å². The standard InChI is InChI=1S/C13H10NOS/c1-15-12-5-3-11(4-6-12)13-7-2-10(8-14)9-16-13/h2-7,9H,1H3/q+1. The summed E-state index contributed by atoms with van der Waals surface area (Å²) in [5.74, 6) is 0.849. The maximum atomic E-state index is 8.71. The third kappa shape index (κ3) is 2.18. The lowest BCUT2D eigenvalue weighted by molar-refractivity contribution is 0.415. The molecule has 78 valence electrons. The molecule has 0 saturated carbocycles. The third-order valence-corrected chi connectivity index (χ3v) is 3.23. The summed E-state index contributed by atoms with van der Waals surface area (Å²) in [6.07, 6.45) is 0. The van der Waals surface area contributed by atoms with Crippen LogP contribution in [0.15, 0.2) is 41.8 Å². The summed E-state index contributed by atoms with van der Waals surface area (Å²) in [4.78, 5) is 1.14. The monoisotopic (exact) mass is 228 g/mol. The number of hydrogen-bond donors (Lipinski definition) is 0. The summed E-state index contributed by atoms with van der Waals surface area (Å²) in [5.41, 5.74) is 1.83. The van der Waals surface area contributed by atoms with E-state index in [1.165, 1.54) is 0 Å². The van der Waals surface area contributed by atoms with E-state index in [9.17, 15) is 0 Å². The molecule has 2 nitrogen and oxygen atoms in total. The Hall–Kier alpha value is -1.92. The van der Waals surface area contributed by atoms with Gasteiger partial charge >= 0.3 is 0 Å². The number of nitrogens with zero attached hydrogens (tertiary/aromatic N) is 1. The van der Waals surface area contributed by atoms with Crippen LogP contribution in [0, 0.1) is 11.3 Å². The quantitative estimate of drug-likeness (QED) is 0.736. The molecule has 0 atom stereocenters. The Balaban J connectivity index is 2.32. The fourth-order valence-corrected chi connectivity index (χ4v) is 2.16. The SMILES string of the molecule is COc1ccc(-c2ccc(C#N)c[s+]2)cc1. The second-order valence-electron chi connectivity index (χ2n) is 3.23. The van der Waals surface area contributed by atoms with Crippen molar-refractivity contribution in [3.8, 4) is 22.3 Å². The van der Waals surface area contributed by atoms with Crippen molar-refractivity contribution in [2.75, 3.05) is 7.11 Å². The van der Waals surface area contributed by atoms with Gasteiger partial charge < -0.3 is 4.74 Å². The summed E-state index contributed by atoms with van der Waals surface area (Å²) in [6.45, 7) is 0. The topological polar surface area (TPSA) is 33.0 Å². The van der Waals surface area contributed by atoms with Crippen LogP contribution in [-0.2, 0) is 0 Å². The fraction of sp³-hybridized carbons (Fsp3) is 0.0769. The minimum absolute atomic E-state index is 0.697. The van der Waals surface area contributed by atoms with Crippen LogP contribution in [0.25, 0.3) is 10.4 Å². The lowest BCUT2D eigenvalue weighted by Gasteiger charge is -1.98. The molecular weight excluding hydrogens is 218 g/mol. The molecule has 0 amide bonds. The van der Waals surface area contributed by atoms with Crippen molar-refractivity contribution < 1.29 is 4.74 Å². The van der Waals surface area contributed by atoms with Crippen molar-refractivity contribution in [1.29, 1.82) is 5.26 Å². The Morgan fingerprint density at radius 2 is 1.88 bits per heavy atom. The highest BCUT2D eigenvalue weighted by Gasteiger charge is 2.09. The Bertz CT molecular complexity index is 511. The highest BCUT2D eigenvalue weighted by atomic mass is 32.1. The second kappa shape index (κ2) is 4.73. The molecule has 0 saturated heterocycles. The number of hydrogen-bond acceptors (Lipinski definition) is 2. The number of nitriles is 1. The molecule has 0 aliphatic heterocycles. The summed E-state index contributed by atoms with van der Waals surface area (Å²) >= 11 is 1.57. The van der Waals surface area contributed by atoms with Gasteiger partial charge in [-0.2, -0.15) is 5.26 Å². The largest absolute Gasteiger partial charge is 0.497 e. The molecule has 2 aromatic rings. The van der Waals surface area contributed by atoms with E-state index in [0.29, 0.717) is 5.56 Å². The van der Waals surface area contributed by atoms with Crippen molar-refractivity contribution in [2.24, 2.45) is 0 Å². The molecule has 1 aromatic heterocycles. The van der Waals surface area contributed by atoms with Crippen LogP contribution in [0.4, 0.5) is 0 Å². The Morgan fingerprint density at radius 1 is 1.12 bits per heavy atom. The van der Waals surface area contributed by atoms with Gasteiger partial charge in [0.25, 0.3) is 0 Å². The zero-order chi connectivity index (χ0) is 11.4. The van der Waals surface area contributed by atoms with Gasteiger partial charge in [0.2, 0.25) is 21.6 Å². The fourth-order valence-electron chi connectivity index (χ4n) is 1.35. The van der Waals surface area contributed by atoms with E-state index in [1.807, 2.05) is 41.8 Å². The minimum atomic E-state index is 0.697. The van der Waals surface area contributed by atoms with Crippen molar-refractivity contribution in [1.82, 2.24) is 0 Å². The lowest BCUT2D eigenvalue weighted by atomic mass is 10.2. The smallest absolute Gasteiger partial charge is 0.238 e. The predicted octanol–water partition coefficient (Wildman–Crippen LogP) is 3.58. The van der Waals surface area contributed by atoms with Crippen molar-refractivity contribution >= 4 is 11.3 Å². The zero-order valence-electron chi connectivity index (χ0n) is 8.81. The van der Waals surface area contributed by atoms with Gasteiger partial charge in [-0.1, -0.05) is 0 Å². The summed E-state index contributed by atoms with van der Waals surface area (Å²) in [6, 6.07) is 13.8. The van der Waals surface area contributed by atoms with E-state index in [0.717, 1.165) is 16.2 Å². The number of benzene rings is 1. The van der Waals surface area contributed by atoms with Gasteiger partial charge in [-0.25, -0.2) is 0 Å². The molecule has 0 fully saturated rings. The molecule has 0 radical (unpaired) electrons. The predicted molar refractivity (Wildman–Crippen MR) is 65.4 cm³/mol. The maximum Gasteiger partial charge on any atom is 0.238 e. The van der Waals surface area contributed by atoms with E-state index < -0.39 is 0 Å². The van der Waals surface area contributed by atoms with Crippen molar-refractivity contribution in [2.45, 2.75) is 0 Å². The van der Waals surface area contributed by atoms with Gasteiger partial charge in [-0.15, -0.1) is 0 Å². The second-order valence-corrected chi connectivity index (χ2v) is 4.14. The molecule has 0 bridgehead atoms. The first-order valence-electron chi connectivity index (χ1n) is 4.80. The molecule has 0 N–H and O–H groups in total. The van der Waals surface area contributed by atoms with Crippen LogP contribution in [-0.4, -0.2) is 7.11 Å². The summed E-state index contributed by atoms with van der Waals surface area (Å²) < 4.78 is 5.10. The van der Waals surface area contributed by atoms with Gasteiger partial charge in [-0.3, -0.25) is 0 Å². The zero-order valence-corrected chi connectivity index (χ0v) is 9.62. The van der Waals surface area contributed by atoms with E-state index in [-0.39, 0.29) is 0 Å². The Kier molecular flexibility index (Phi) is 3.13. The molecule has 1 heterocycles. The van der Waals surface area contributed by atoms with Gasteiger partial charge in [-0.05, 0) is 30.3 Å². The number of methoxy groups -OCH3 is 1. The molecular formula is C13H10NOS+. The van der Waals surface area contributed by atoms with E-state index >= 15 is 0 Å². The van der Waals surface area contributed by atoms with Crippen LogP contribution in [0.1, 0.15) is 5.56 Å². The normalized spacial score (nSPS) is 9.50. The maximum absolute atomic E-state index is 8.71. The first kappa shape index (κ1) is 10.6. The highest BCUT2D eigenvalue weighted by Crippen LogP contribution is 2.26. The number of rotatable bonds is 2. The number of ether oxygens (including phenoxy) is 1. The van der Waals surface area contributed by atoms with Crippen LogP contribution >= 0.6 is 11.3 Å². The van der Waals surface area contributed by atoms with Crippen molar-refractivity contribution in [3.05, 3.63) is 47.3 Å². The first-order chi connectivity index (χ1) is 7.83. The van der Waals surface area contributed by atoms with Crippen LogP contribution in [0.5, 0.6) is 5.75 Å². The average molecular weight is 228 g/mol. The first-order valence-corrected chi connectivity index (χ1v) is 5.68. The summed E-state index contributed by atoms with van der Waals surface area (Å²) in [5, 5.41) is 10.6. The molecule has 16 heavy (non-hydrogen) atoms. The highest BCUT2D eigenvalue weighted by molar-refractivity contribution is 7.13. The molecule has 0 aliphatic rings. The minimum Gasteiger partial charge on any atom is -0.497 e. The van der Waals surface area contributed by atoms with Gasteiger partial charge in [0, 0.05) is 11.6 Å². The van der Waals surface area contributed by atoms with Gasteiger partial charge in [0.05, 0.1) is 7.11 Å². The third-order valence-electron chi connectivity index (χ3n) is 2.23. The average Bonchev–Trinajstić information content (AvgIpc) is 2.39. The Labute approximate surface area is 98.4 Å². The van der Waals surface area contributed by atoms with Crippen LogP contribution < -0.4 is 4.74 Å². The molecule has 3 heteroatoms. The lowest BCUT2D eigenvalue weighted by Crippen LogP contribution is -1.82. The summed E-state index contributed by atoms with van der Waals surface area (Å²) in [7, 11) is 1.65.